The first-order valence-corrected chi connectivity index (χ1v) is 10.0. The quantitative estimate of drug-likeness (QED) is 0.160. The Hall–Kier alpha value is -2.74. The number of rotatable bonds is 5. The molecular formula is C21H15BrClN3O2S. The van der Waals surface area contributed by atoms with Crippen molar-refractivity contribution >= 4 is 62.7 Å². The Morgan fingerprint density at radius 2 is 1.86 bits per heavy atom. The first-order chi connectivity index (χ1) is 14.0. The van der Waals surface area contributed by atoms with E-state index in [1.165, 1.54) is 6.21 Å². The van der Waals surface area contributed by atoms with Gasteiger partial charge in [-0.3, -0.25) is 5.43 Å². The van der Waals surface area contributed by atoms with Gasteiger partial charge in [0.1, 0.15) is 5.75 Å². The van der Waals surface area contributed by atoms with Gasteiger partial charge in [0.15, 0.2) is 5.11 Å². The maximum atomic E-state index is 12.3. The average Bonchev–Trinajstić information content (AvgIpc) is 2.70. The Morgan fingerprint density at radius 3 is 2.62 bits per heavy atom. The molecule has 0 aromatic heterocycles. The van der Waals surface area contributed by atoms with Crippen LogP contribution in [-0.4, -0.2) is 17.3 Å². The summed E-state index contributed by atoms with van der Waals surface area (Å²) in [6, 6.07) is 21.2. The molecule has 0 heterocycles. The smallest absolute Gasteiger partial charge is 0.343 e. The molecule has 0 radical (unpaired) electrons. The summed E-state index contributed by atoms with van der Waals surface area (Å²) in [7, 11) is 0. The molecule has 29 heavy (non-hydrogen) atoms. The van der Waals surface area contributed by atoms with Crippen LogP contribution >= 0.6 is 39.7 Å². The van der Waals surface area contributed by atoms with Gasteiger partial charge >= 0.3 is 5.97 Å². The van der Waals surface area contributed by atoms with Crippen LogP contribution in [0.2, 0.25) is 5.02 Å². The highest BCUT2D eigenvalue weighted by molar-refractivity contribution is 9.10. The van der Waals surface area contributed by atoms with E-state index in [1.54, 1.807) is 54.6 Å². The molecule has 3 aromatic rings. The van der Waals surface area contributed by atoms with Gasteiger partial charge in [-0.2, -0.15) is 5.10 Å². The zero-order chi connectivity index (χ0) is 20.6. The van der Waals surface area contributed by atoms with Gasteiger partial charge in [-0.15, -0.1) is 0 Å². The number of hydrogen-bond acceptors (Lipinski definition) is 4. The Kier molecular flexibility index (Phi) is 7.35. The van der Waals surface area contributed by atoms with Crippen LogP contribution in [0.15, 0.2) is 82.4 Å². The van der Waals surface area contributed by atoms with Crippen molar-refractivity contribution in [2.75, 3.05) is 5.32 Å². The van der Waals surface area contributed by atoms with Crippen molar-refractivity contribution in [1.82, 2.24) is 5.43 Å². The summed E-state index contributed by atoms with van der Waals surface area (Å²) in [5.74, 6) is -0.0741. The van der Waals surface area contributed by atoms with Gasteiger partial charge in [0, 0.05) is 20.7 Å². The monoisotopic (exact) mass is 487 g/mol. The van der Waals surface area contributed by atoms with Gasteiger partial charge in [-0.1, -0.05) is 51.8 Å². The third kappa shape index (κ3) is 6.39. The molecule has 0 fully saturated rings. The predicted octanol–water partition coefficient (Wildman–Crippen LogP) is 5.64. The van der Waals surface area contributed by atoms with Crippen molar-refractivity contribution in [1.29, 1.82) is 0 Å². The lowest BCUT2D eigenvalue weighted by atomic mass is 10.2. The van der Waals surface area contributed by atoms with Gasteiger partial charge in [0.05, 0.1) is 11.8 Å². The summed E-state index contributed by atoms with van der Waals surface area (Å²) in [4.78, 5) is 12.3. The fraction of sp³-hybridized carbons (Fsp3) is 0. The minimum atomic E-state index is -0.450. The zero-order valence-corrected chi connectivity index (χ0v) is 18.1. The van der Waals surface area contributed by atoms with Gasteiger partial charge in [0.2, 0.25) is 0 Å². The van der Waals surface area contributed by atoms with E-state index < -0.39 is 5.97 Å². The lowest BCUT2D eigenvalue weighted by Gasteiger charge is -2.09. The Morgan fingerprint density at radius 1 is 1.07 bits per heavy atom. The third-order valence-electron chi connectivity index (χ3n) is 3.64. The number of anilines is 1. The molecule has 146 valence electrons. The minimum absolute atomic E-state index is 0.293. The van der Waals surface area contributed by atoms with Crippen molar-refractivity contribution in [2.24, 2.45) is 5.10 Å². The largest absolute Gasteiger partial charge is 0.422 e. The Labute approximate surface area is 186 Å². The molecule has 0 amide bonds. The maximum absolute atomic E-state index is 12.3. The van der Waals surface area contributed by atoms with E-state index in [2.05, 4.69) is 31.8 Å². The van der Waals surface area contributed by atoms with Crippen molar-refractivity contribution in [3.8, 4) is 5.75 Å². The highest BCUT2D eigenvalue weighted by Crippen LogP contribution is 2.23. The van der Waals surface area contributed by atoms with Gasteiger partial charge in [0.25, 0.3) is 0 Å². The van der Waals surface area contributed by atoms with E-state index in [0.717, 1.165) is 10.2 Å². The number of carbonyl (C=O) groups is 1. The summed E-state index contributed by atoms with van der Waals surface area (Å²) in [6.45, 7) is 0. The number of benzene rings is 3. The van der Waals surface area contributed by atoms with Crippen LogP contribution in [0.3, 0.4) is 0 Å². The zero-order valence-electron chi connectivity index (χ0n) is 14.9. The number of nitrogens with zero attached hydrogens (tertiary/aromatic N) is 1. The molecule has 0 unspecified atom stereocenters. The fourth-order valence-corrected chi connectivity index (χ4v) is 3.07. The van der Waals surface area contributed by atoms with E-state index >= 15 is 0 Å². The van der Waals surface area contributed by atoms with E-state index in [-0.39, 0.29) is 0 Å². The molecule has 0 bridgehead atoms. The minimum Gasteiger partial charge on any atom is -0.422 e. The number of hydrazone groups is 1. The van der Waals surface area contributed by atoms with E-state index in [0.29, 0.717) is 27.0 Å². The number of hydrogen-bond donors (Lipinski definition) is 2. The number of halogens is 2. The van der Waals surface area contributed by atoms with Crippen LogP contribution in [0, 0.1) is 0 Å². The summed E-state index contributed by atoms with van der Waals surface area (Å²) in [6.07, 6.45) is 1.52. The molecule has 5 nitrogen and oxygen atoms in total. The van der Waals surface area contributed by atoms with Crippen molar-refractivity contribution in [3.05, 3.63) is 93.4 Å². The maximum Gasteiger partial charge on any atom is 0.343 e. The van der Waals surface area contributed by atoms with Crippen LogP contribution in [0.5, 0.6) is 5.75 Å². The van der Waals surface area contributed by atoms with Gasteiger partial charge in [-0.25, -0.2) is 4.79 Å². The van der Waals surface area contributed by atoms with Crippen LogP contribution in [0.25, 0.3) is 0 Å². The van der Waals surface area contributed by atoms with Gasteiger partial charge in [-0.05, 0) is 60.7 Å². The first-order valence-electron chi connectivity index (χ1n) is 8.44. The topological polar surface area (TPSA) is 62.7 Å². The van der Waals surface area contributed by atoms with E-state index in [1.807, 2.05) is 18.2 Å². The molecular weight excluding hydrogens is 474 g/mol. The first kappa shape index (κ1) is 21.0. The molecule has 3 rings (SSSR count). The molecule has 0 aliphatic carbocycles. The summed E-state index contributed by atoms with van der Waals surface area (Å²) in [5.41, 5.74) is 4.52. The third-order valence-corrected chi connectivity index (χ3v) is 4.56. The molecule has 3 aromatic carbocycles. The van der Waals surface area contributed by atoms with Crippen molar-refractivity contribution < 1.29 is 9.53 Å². The van der Waals surface area contributed by atoms with Crippen molar-refractivity contribution in [2.45, 2.75) is 0 Å². The SMILES string of the molecule is O=C(Oc1ccc(Br)cc1/C=N/NC(=S)Nc1cccc(Cl)c1)c1ccccc1. The standard InChI is InChI=1S/C21H15BrClN3O2S/c22-16-9-10-19(28-20(27)14-5-2-1-3-6-14)15(11-16)13-24-26-21(29)25-18-8-4-7-17(23)12-18/h1-13H,(H2,25,26,29)/b24-13+. The second kappa shape index (κ2) is 10.2. The molecule has 0 saturated heterocycles. The number of thiocarbonyl (C=S) groups is 1. The summed E-state index contributed by atoms with van der Waals surface area (Å²) >= 11 is 14.6. The van der Waals surface area contributed by atoms with Gasteiger partial charge < -0.3 is 10.1 Å². The molecule has 8 heteroatoms. The molecule has 0 saturated carbocycles. The molecule has 0 aliphatic rings. The average molecular weight is 489 g/mol. The van der Waals surface area contributed by atoms with E-state index in [4.69, 9.17) is 28.6 Å². The number of carbonyl (C=O) groups excluding carboxylic acids is 1. The lowest BCUT2D eigenvalue weighted by molar-refractivity contribution is 0.0734. The second-order valence-electron chi connectivity index (χ2n) is 5.77. The molecule has 0 spiro atoms. The molecule has 2 N–H and O–H groups in total. The summed E-state index contributed by atoms with van der Waals surface area (Å²) in [5, 5.41) is 7.98. The van der Waals surface area contributed by atoms with Crippen molar-refractivity contribution in [3.63, 3.8) is 0 Å². The van der Waals surface area contributed by atoms with Crippen LogP contribution in [0.1, 0.15) is 15.9 Å². The highest BCUT2D eigenvalue weighted by Gasteiger charge is 2.11. The molecule has 0 aliphatic heterocycles. The number of ether oxygens (including phenoxy) is 1. The second-order valence-corrected chi connectivity index (χ2v) is 7.53. The normalized spacial score (nSPS) is 10.6. The van der Waals surface area contributed by atoms with Crippen LogP contribution < -0.4 is 15.5 Å². The van der Waals surface area contributed by atoms with E-state index in [9.17, 15) is 4.79 Å². The number of esters is 1. The number of nitrogens with one attached hydrogen (secondary N) is 2. The Bertz CT molecular complexity index is 1060. The lowest BCUT2D eigenvalue weighted by Crippen LogP contribution is -2.23. The molecule has 0 atom stereocenters. The summed E-state index contributed by atoms with van der Waals surface area (Å²) < 4.78 is 6.33. The predicted molar refractivity (Wildman–Crippen MR) is 124 cm³/mol. The Balaban J connectivity index is 1.67. The van der Waals surface area contributed by atoms with Crippen LogP contribution in [0.4, 0.5) is 5.69 Å². The highest BCUT2D eigenvalue weighted by atomic mass is 79.9. The fourth-order valence-electron chi connectivity index (χ4n) is 2.33. The van der Waals surface area contributed by atoms with Crippen LogP contribution in [-0.2, 0) is 0 Å².